The van der Waals surface area contributed by atoms with E-state index in [2.05, 4.69) is 17.2 Å². The summed E-state index contributed by atoms with van der Waals surface area (Å²) in [6.45, 7) is 3.70. The molecular formula is C11H19N3O. The fourth-order valence-electron chi connectivity index (χ4n) is 1.56. The Kier molecular flexibility index (Phi) is 5.07. The molecule has 0 saturated heterocycles. The molecule has 0 fully saturated rings. The van der Waals surface area contributed by atoms with Crippen LogP contribution in [0.25, 0.3) is 0 Å². The molecule has 3 N–H and O–H groups in total. The van der Waals surface area contributed by atoms with E-state index in [1.54, 1.807) is 13.3 Å². The summed E-state index contributed by atoms with van der Waals surface area (Å²) < 4.78 is 5.08. The Morgan fingerprint density at radius 3 is 3.00 bits per heavy atom. The standard InChI is InChI=1S/C11H19N3O/c1-3-14-11(5-7-15-2)9-8-13-6-4-10(9)12/h4,6,8,11,14H,3,5,7H2,1-2H3,(H2,12,13). The van der Waals surface area contributed by atoms with Crippen molar-refractivity contribution in [1.82, 2.24) is 10.3 Å². The lowest BCUT2D eigenvalue weighted by Crippen LogP contribution is -2.23. The molecule has 0 aliphatic heterocycles. The van der Waals surface area contributed by atoms with Crippen LogP contribution in [0, 0.1) is 0 Å². The van der Waals surface area contributed by atoms with Gasteiger partial charge in [-0.15, -0.1) is 0 Å². The van der Waals surface area contributed by atoms with Crippen molar-refractivity contribution in [2.24, 2.45) is 0 Å². The van der Waals surface area contributed by atoms with Crippen molar-refractivity contribution >= 4 is 5.69 Å². The molecule has 0 aliphatic rings. The largest absolute Gasteiger partial charge is 0.398 e. The summed E-state index contributed by atoms with van der Waals surface area (Å²) in [5.41, 5.74) is 7.74. The molecule has 1 unspecified atom stereocenters. The van der Waals surface area contributed by atoms with E-state index in [1.165, 1.54) is 0 Å². The number of nitrogen functional groups attached to an aromatic ring is 1. The van der Waals surface area contributed by atoms with Gasteiger partial charge >= 0.3 is 0 Å². The van der Waals surface area contributed by atoms with E-state index < -0.39 is 0 Å². The van der Waals surface area contributed by atoms with Crippen molar-refractivity contribution in [3.05, 3.63) is 24.0 Å². The zero-order chi connectivity index (χ0) is 11.1. The van der Waals surface area contributed by atoms with Gasteiger partial charge in [-0.25, -0.2) is 0 Å². The molecule has 0 saturated carbocycles. The van der Waals surface area contributed by atoms with Gasteiger partial charge < -0.3 is 15.8 Å². The summed E-state index contributed by atoms with van der Waals surface area (Å²) in [4.78, 5) is 4.10. The number of nitrogens with two attached hydrogens (primary N) is 1. The lowest BCUT2D eigenvalue weighted by Gasteiger charge is -2.19. The molecule has 0 amide bonds. The number of ether oxygens (including phenoxy) is 1. The van der Waals surface area contributed by atoms with Gasteiger partial charge in [-0.05, 0) is 19.0 Å². The van der Waals surface area contributed by atoms with Crippen molar-refractivity contribution in [1.29, 1.82) is 0 Å². The lowest BCUT2D eigenvalue weighted by molar-refractivity contribution is 0.183. The maximum atomic E-state index is 5.90. The van der Waals surface area contributed by atoms with E-state index in [4.69, 9.17) is 10.5 Å². The van der Waals surface area contributed by atoms with Crippen LogP contribution in [-0.4, -0.2) is 25.2 Å². The van der Waals surface area contributed by atoms with Crippen LogP contribution in [0.1, 0.15) is 24.9 Å². The lowest BCUT2D eigenvalue weighted by atomic mass is 10.0. The molecule has 0 bridgehead atoms. The molecule has 1 heterocycles. The Bertz CT molecular complexity index is 291. The van der Waals surface area contributed by atoms with Gasteiger partial charge in [-0.3, -0.25) is 4.98 Å². The highest BCUT2D eigenvalue weighted by Gasteiger charge is 2.12. The number of nitrogens with one attached hydrogen (secondary N) is 1. The molecule has 84 valence electrons. The molecule has 15 heavy (non-hydrogen) atoms. The Balaban J connectivity index is 2.74. The summed E-state index contributed by atoms with van der Waals surface area (Å²) >= 11 is 0. The first-order chi connectivity index (χ1) is 7.29. The highest BCUT2D eigenvalue weighted by Crippen LogP contribution is 2.21. The van der Waals surface area contributed by atoms with Crippen LogP contribution in [0.4, 0.5) is 5.69 Å². The number of pyridine rings is 1. The van der Waals surface area contributed by atoms with E-state index >= 15 is 0 Å². The highest BCUT2D eigenvalue weighted by molar-refractivity contribution is 5.46. The van der Waals surface area contributed by atoms with Crippen molar-refractivity contribution in [3.63, 3.8) is 0 Å². The van der Waals surface area contributed by atoms with Crippen molar-refractivity contribution < 1.29 is 4.74 Å². The van der Waals surface area contributed by atoms with Gasteiger partial charge in [0.15, 0.2) is 0 Å². The number of methoxy groups -OCH3 is 1. The topological polar surface area (TPSA) is 60.2 Å². The number of anilines is 1. The average Bonchev–Trinajstić information content (AvgIpc) is 2.25. The van der Waals surface area contributed by atoms with Gasteiger partial charge in [0.05, 0.1) is 0 Å². The van der Waals surface area contributed by atoms with E-state index in [0.717, 1.165) is 24.2 Å². The molecule has 0 spiro atoms. The molecule has 4 nitrogen and oxygen atoms in total. The summed E-state index contributed by atoms with van der Waals surface area (Å²) in [6, 6.07) is 2.05. The summed E-state index contributed by atoms with van der Waals surface area (Å²) in [5.74, 6) is 0. The van der Waals surface area contributed by atoms with E-state index in [-0.39, 0.29) is 6.04 Å². The van der Waals surface area contributed by atoms with Crippen molar-refractivity contribution in [2.75, 3.05) is 26.0 Å². The fraction of sp³-hybridized carbons (Fsp3) is 0.545. The van der Waals surface area contributed by atoms with Crippen LogP contribution >= 0.6 is 0 Å². The predicted octanol–water partition coefficient (Wildman–Crippen LogP) is 1.35. The quantitative estimate of drug-likeness (QED) is 0.742. The van der Waals surface area contributed by atoms with Crippen LogP contribution in [-0.2, 0) is 4.74 Å². The van der Waals surface area contributed by atoms with Crippen molar-refractivity contribution in [2.45, 2.75) is 19.4 Å². The second-order valence-corrected chi connectivity index (χ2v) is 3.40. The molecule has 1 aromatic rings. The Morgan fingerprint density at radius 1 is 1.60 bits per heavy atom. The third kappa shape index (κ3) is 3.49. The average molecular weight is 209 g/mol. The zero-order valence-corrected chi connectivity index (χ0v) is 9.36. The molecule has 1 rings (SSSR count). The maximum absolute atomic E-state index is 5.90. The minimum atomic E-state index is 0.226. The smallest absolute Gasteiger partial charge is 0.0480 e. The first-order valence-electron chi connectivity index (χ1n) is 5.21. The number of aromatic nitrogens is 1. The molecule has 0 radical (unpaired) electrons. The van der Waals surface area contributed by atoms with Gasteiger partial charge in [0.1, 0.15) is 0 Å². The SMILES string of the molecule is CCNC(CCOC)c1cnccc1N. The molecule has 1 aromatic heterocycles. The van der Waals surface area contributed by atoms with E-state index in [0.29, 0.717) is 6.61 Å². The number of hydrogen-bond acceptors (Lipinski definition) is 4. The minimum absolute atomic E-state index is 0.226. The first-order valence-corrected chi connectivity index (χ1v) is 5.21. The Labute approximate surface area is 90.8 Å². The van der Waals surface area contributed by atoms with E-state index in [1.807, 2.05) is 12.3 Å². The van der Waals surface area contributed by atoms with Crippen LogP contribution < -0.4 is 11.1 Å². The van der Waals surface area contributed by atoms with Gasteiger partial charge in [0, 0.05) is 43.4 Å². The Hall–Kier alpha value is -1.13. The Morgan fingerprint density at radius 2 is 2.40 bits per heavy atom. The predicted molar refractivity (Wildman–Crippen MR) is 61.6 cm³/mol. The normalized spacial score (nSPS) is 12.7. The molecule has 1 atom stereocenters. The van der Waals surface area contributed by atoms with Gasteiger partial charge in [0.2, 0.25) is 0 Å². The van der Waals surface area contributed by atoms with Gasteiger partial charge in [0.25, 0.3) is 0 Å². The minimum Gasteiger partial charge on any atom is -0.398 e. The fourth-order valence-corrected chi connectivity index (χ4v) is 1.56. The third-order valence-electron chi connectivity index (χ3n) is 2.32. The maximum Gasteiger partial charge on any atom is 0.0480 e. The monoisotopic (exact) mass is 209 g/mol. The first kappa shape index (κ1) is 11.9. The number of rotatable bonds is 6. The molecule has 4 heteroatoms. The second-order valence-electron chi connectivity index (χ2n) is 3.40. The zero-order valence-electron chi connectivity index (χ0n) is 9.36. The molecular weight excluding hydrogens is 190 g/mol. The number of hydrogen-bond donors (Lipinski definition) is 2. The summed E-state index contributed by atoms with van der Waals surface area (Å²) in [6.07, 6.45) is 4.43. The van der Waals surface area contributed by atoms with Crippen LogP contribution in [0.15, 0.2) is 18.5 Å². The molecule has 0 aliphatic carbocycles. The summed E-state index contributed by atoms with van der Waals surface area (Å²) in [7, 11) is 1.70. The number of nitrogens with zero attached hydrogens (tertiary/aromatic N) is 1. The second kappa shape index (κ2) is 6.37. The van der Waals surface area contributed by atoms with Gasteiger partial charge in [-0.1, -0.05) is 6.92 Å². The highest BCUT2D eigenvalue weighted by atomic mass is 16.5. The van der Waals surface area contributed by atoms with E-state index in [9.17, 15) is 0 Å². The van der Waals surface area contributed by atoms with Crippen LogP contribution in [0.5, 0.6) is 0 Å². The molecule has 0 aromatic carbocycles. The third-order valence-corrected chi connectivity index (χ3v) is 2.32. The van der Waals surface area contributed by atoms with Gasteiger partial charge in [-0.2, -0.15) is 0 Å². The van der Waals surface area contributed by atoms with Crippen LogP contribution in [0.3, 0.4) is 0 Å². The summed E-state index contributed by atoms with van der Waals surface area (Å²) in [5, 5.41) is 3.37. The van der Waals surface area contributed by atoms with Crippen molar-refractivity contribution in [3.8, 4) is 0 Å². The van der Waals surface area contributed by atoms with Crippen LogP contribution in [0.2, 0.25) is 0 Å².